The fourth-order valence-corrected chi connectivity index (χ4v) is 1.48. The minimum Gasteiger partial charge on any atom is -0.456 e. The molecule has 1 aromatic carbocycles. The number of benzene rings is 1. The van der Waals surface area contributed by atoms with Crippen molar-refractivity contribution < 1.29 is 9.53 Å². The average Bonchev–Trinajstić information content (AvgIpc) is 2.19. The summed E-state index contributed by atoms with van der Waals surface area (Å²) in [6, 6.07) is 5.33. The Morgan fingerprint density at radius 1 is 1.50 bits per heavy atom. The molecule has 0 aliphatic carbocycles. The number of carbonyl (C=O) groups excluding carboxylic acids is 1. The van der Waals surface area contributed by atoms with Crippen molar-refractivity contribution in [2.24, 2.45) is 0 Å². The molecule has 14 heavy (non-hydrogen) atoms. The predicted molar refractivity (Wildman–Crippen MR) is 54.5 cm³/mol. The van der Waals surface area contributed by atoms with E-state index in [1.807, 2.05) is 0 Å². The van der Waals surface area contributed by atoms with Crippen LogP contribution < -0.4 is 10.1 Å². The zero-order chi connectivity index (χ0) is 10.1. The zero-order valence-corrected chi connectivity index (χ0v) is 8.26. The standard InChI is InChI=1S/C10H8ClNO2/c1-6-9(5-13)12-8-4-2-3-7(11)10(8)14-6/h2-5,12H,1H3. The summed E-state index contributed by atoms with van der Waals surface area (Å²) in [4.78, 5) is 10.6. The second kappa shape index (κ2) is 3.35. The van der Waals surface area contributed by atoms with E-state index < -0.39 is 0 Å². The maximum atomic E-state index is 10.6. The van der Waals surface area contributed by atoms with Crippen LogP contribution in [0.15, 0.2) is 29.7 Å². The number of nitrogens with one attached hydrogen (secondary N) is 1. The highest BCUT2D eigenvalue weighted by molar-refractivity contribution is 6.32. The van der Waals surface area contributed by atoms with Gasteiger partial charge in [-0.3, -0.25) is 4.79 Å². The number of hydrogen-bond acceptors (Lipinski definition) is 3. The van der Waals surface area contributed by atoms with Gasteiger partial charge in [0.15, 0.2) is 12.0 Å². The van der Waals surface area contributed by atoms with Crippen LogP contribution in [0.5, 0.6) is 5.75 Å². The largest absolute Gasteiger partial charge is 0.456 e. The summed E-state index contributed by atoms with van der Waals surface area (Å²) in [5.74, 6) is 1.10. The quantitative estimate of drug-likeness (QED) is 0.723. The van der Waals surface area contributed by atoms with Gasteiger partial charge in [-0.25, -0.2) is 0 Å². The molecule has 1 aliphatic heterocycles. The van der Waals surface area contributed by atoms with Gasteiger partial charge in [0, 0.05) is 0 Å². The third-order valence-electron chi connectivity index (χ3n) is 1.99. The van der Waals surface area contributed by atoms with Crippen molar-refractivity contribution in [3.63, 3.8) is 0 Å². The van der Waals surface area contributed by atoms with E-state index in [0.29, 0.717) is 27.9 Å². The molecule has 0 bridgehead atoms. The smallest absolute Gasteiger partial charge is 0.169 e. The molecule has 1 heterocycles. The molecule has 4 heteroatoms. The van der Waals surface area contributed by atoms with Crippen molar-refractivity contribution in [1.82, 2.24) is 0 Å². The number of fused-ring (bicyclic) bond motifs is 1. The van der Waals surface area contributed by atoms with Gasteiger partial charge in [0.05, 0.1) is 10.7 Å². The SMILES string of the molecule is CC1=C(C=O)Nc2cccc(Cl)c2O1. The van der Waals surface area contributed by atoms with Crippen LogP contribution in [0.2, 0.25) is 5.02 Å². The molecule has 0 saturated heterocycles. The van der Waals surface area contributed by atoms with Crippen LogP contribution in [0.1, 0.15) is 6.92 Å². The summed E-state index contributed by atoms with van der Waals surface area (Å²) in [7, 11) is 0. The van der Waals surface area contributed by atoms with Crippen molar-refractivity contribution in [1.29, 1.82) is 0 Å². The fourth-order valence-electron chi connectivity index (χ4n) is 1.26. The molecule has 0 amide bonds. The Morgan fingerprint density at radius 3 is 3.00 bits per heavy atom. The Bertz CT molecular complexity index is 426. The monoisotopic (exact) mass is 209 g/mol. The van der Waals surface area contributed by atoms with E-state index in [1.165, 1.54) is 0 Å². The first kappa shape index (κ1) is 9.09. The van der Waals surface area contributed by atoms with E-state index >= 15 is 0 Å². The van der Waals surface area contributed by atoms with Gasteiger partial charge < -0.3 is 10.1 Å². The van der Waals surface area contributed by atoms with Gasteiger partial charge in [-0.15, -0.1) is 0 Å². The number of halogens is 1. The van der Waals surface area contributed by atoms with Gasteiger partial charge in [0.2, 0.25) is 0 Å². The van der Waals surface area contributed by atoms with Crippen LogP contribution in [0.4, 0.5) is 5.69 Å². The molecule has 0 radical (unpaired) electrons. The lowest BCUT2D eigenvalue weighted by Crippen LogP contribution is -2.13. The molecule has 0 atom stereocenters. The summed E-state index contributed by atoms with van der Waals surface area (Å²) < 4.78 is 5.42. The molecule has 2 rings (SSSR count). The molecular formula is C10H8ClNO2. The number of rotatable bonds is 1. The van der Waals surface area contributed by atoms with Gasteiger partial charge in [-0.1, -0.05) is 17.7 Å². The Balaban J connectivity index is 2.48. The Kier molecular flexibility index (Phi) is 2.17. The van der Waals surface area contributed by atoms with Gasteiger partial charge in [-0.05, 0) is 19.1 Å². The first-order valence-electron chi connectivity index (χ1n) is 4.12. The van der Waals surface area contributed by atoms with Gasteiger partial charge in [0.1, 0.15) is 11.5 Å². The maximum Gasteiger partial charge on any atom is 0.169 e. The molecule has 0 spiro atoms. The number of allylic oxidation sites excluding steroid dienone is 2. The van der Waals surface area contributed by atoms with Crippen LogP contribution in [0.25, 0.3) is 0 Å². The third-order valence-corrected chi connectivity index (χ3v) is 2.29. The first-order chi connectivity index (χ1) is 6.72. The molecule has 0 saturated carbocycles. The Morgan fingerprint density at radius 2 is 2.29 bits per heavy atom. The van der Waals surface area contributed by atoms with Gasteiger partial charge >= 0.3 is 0 Å². The number of anilines is 1. The summed E-state index contributed by atoms with van der Waals surface area (Å²) in [5.41, 5.74) is 1.14. The molecule has 0 aromatic heterocycles. The molecule has 1 N–H and O–H groups in total. The highest BCUT2D eigenvalue weighted by Crippen LogP contribution is 2.37. The number of ether oxygens (including phenoxy) is 1. The van der Waals surface area contributed by atoms with E-state index in [4.69, 9.17) is 16.3 Å². The van der Waals surface area contributed by atoms with Crippen LogP contribution in [0.3, 0.4) is 0 Å². The molecule has 1 aliphatic rings. The number of hydrogen-bond donors (Lipinski definition) is 1. The molecule has 0 fully saturated rings. The fraction of sp³-hybridized carbons (Fsp3) is 0.100. The summed E-state index contributed by atoms with van der Waals surface area (Å²) in [6.07, 6.45) is 0.721. The molecule has 72 valence electrons. The number of aldehydes is 1. The van der Waals surface area contributed by atoms with Crippen LogP contribution in [0, 0.1) is 0 Å². The highest BCUT2D eigenvalue weighted by Gasteiger charge is 2.17. The van der Waals surface area contributed by atoms with E-state index in [0.717, 1.165) is 6.29 Å². The molecule has 3 nitrogen and oxygen atoms in total. The molecular weight excluding hydrogens is 202 g/mol. The maximum absolute atomic E-state index is 10.6. The van der Waals surface area contributed by atoms with Gasteiger partial charge in [-0.2, -0.15) is 0 Å². The van der Waals surface area contributed by atoms with E-state index in [1.54, 1.807) is 25.1 Å². The number of carbonyl (C=O) groups is 1. The van der Waals surface area contributed by atoms with Crippen molar-refractivity contribution in [2.75, 3.05) is 5.32 Å². The topological polar surface area (TPSA) is 38.3 Å². The van der Waals surface area contributed by atoms with E-state index in [2.05, 4.69) is 5.32 Å². The van der Waals surface area contributed by atoms with Crippen molar-refractivity contribution >= 4 is 23.6 Å². The third kappa shape index (κ3) is 1.36. The highest BCUT2D eigenvalue weighted by atomic mass is 35.5. The lowest BCUT2D eigenvalue weighted by molar-refractivity contribution is -0.104. The minimum atomic E-state index is 0.430. The normalized spacial score (nSPS) is 14.1. The van der Waals surface area contributed by atoms with Gasteiger partial charge in [0.25, 0.3) is 0 Å². The summed E-state index contributed by atoms with van der Waals surface area (Å²) >= 11 is 5.92. The number of para-hydroxylation sites is 1. The zero-order valence-electron chi connectivity index (χ0n) is 7.50. The van der Waals surface area contributed by atoms with Crippen LogP contribution in [-0.2, 0) is 4.79 Å². The lowest BCUT2D eigenvalue weighted by Gasteiger charge is -2.20. The van der Waals surface area contributed by atoms with E-state index in [-0.39, 0.29) is 0 Å². The second-order valence-electron chi connectivity index (χ2n) is 2.93. The van der Waals surface area contributed by atoms with Crippen LogP contribution >= 0.6 is 11.6 Å². The Labute approximate surface area is 86.3 Å². The van der Waals surface area contributed by atoms with Crippen molar-refractivity contribution in [2.45, 2.75) is 6.92 Å². The van der Waals surface area contributed by atoms with E-state index in [9.17, 15) is 4.79 Å². The molecule has 1 aromatic rings. The average molecular weight is 210 g/mol. The molecule has 0 unspecified atom stereocenters. The lowest BCUT2D eigenvalue weighted by atomic mass is 10.2. The summed E-state index contributed by atoms with van der Waals surface area (Å²) in [5, 5.41) is 3.47. The van der Waals surface area contributed by atoms with Crippen LogP contribution in [-0.4, -0.2) is 6.29 Å². The Hall–Kier alpha value is -1.48. The first-order valence-corrected chi connectivity index (χ1v) is 4.49. The predicted octanol–water partition coefficient (Wildman–Crippen LogP) is 2.57. The van der Waals surface area contributed by atoms with Crippen molar-refractivity contribution in [3.05, 3.63) is 34.7 Å². The minimum absolute atomic E-state index is 0.430. The second-order valence-corrected chi connectivity index (χ2v) is 3.34. The summed E-state index contributed by atoms with van der Waals surface area (Å²) in [6.45, 7) is 1.71. The van der Waals surface area contributed by atoms with Crippen molar-refractivity contribution in [3.8, 4) is 5.75 Å².